The molecular formula is C13H16N4O3. The summed E-state index contributed by atoms with van der Waals surface area (Å²) in [4.78, 5) is 15.6. The molecule has 20 heavy (non-hydrogen) atoms. The Bertz CT molecular complexity index is 633. The normalized spacial score (nSPS) is 26.0. The van der Waals surface area contributed by atoms with E-state index in [1.54, 1.807) is 16.9 Å². The highest BCUT2D eigenvalue weighted by molar-refractivity contribution is 5.71. The van der Waals surface area contributed by atoms with Crippen LogP contribution in [0.1, 0.15) is 31.6 Å². The van der Waals surface area contributed by atoms with Crippen LogP contribution in [-0.4, -0.2) is 31.0 Å². The van der Waals surface area contributed by atoms with Gasteiger partial charge >= 0.3 is 5.97 Å². The maximum absolute atomic E-state index is 11.3. The second-order valence-corrected chi connectivity index (χ2v) is 5.46. The van der Waals surface area contributed by atoms with Gasteiger partial charge in [-0.05, 0) is 24.8 Å². The van der Waals surface area contributed by atoms with Crippen molar-refractivity contribution >= 4 is 5.97 Å². The minimum absolute atomic E-state index is 0.201. The predicted octanol–water partition coefficient (Wildman–Crippen LogP) is 1.68. The summed E-state index contributed by atoms with van der Waals surface area (Å²) in [6.07, 6.45) is 3.21. The number of carbonyl (C=O) groups is 1. The fourth-order valence-electron chi connectivity index (χ4n) is 2.86. The molecule has 0 aromatic carbocycles. The van der Waals surface area contributed by atoms with E-state index in [2.05, 4.69) is 15.2 Å². The Hall–Kier alpha value is -2.18. The van der Waals surface area contributed by atoms with Crippen LogP contribution in [0.3, 0.4) is 0 Å². The second-order valence-electron chi connectivity index (χ2n) is 5.46. The van der Waals surface area contributed by atoms with Gasteiger partial charge in [-0.3, -0.25) is 9.48 Å². The van der Waals surface area contributed by atoms with Crippen molar-refractivity contribution in [3.05, 3.63) is 18.2 Å². The van der Waals surface area contributed by atoms with Gasteiger partial charge in [0.25, 0.3) is 0 Å². The van der Waals surface area contributed by atoms with E-state index in [1.807, 2.05) is 14.0 Å². The molecule has 3 atom stereocenters. The molecule has 1 aliphatic rings. The van der Waals surface area contributed by atoms with Crippen LogP contribution in [0.4, 0.5) is 0 Å². The first-order valence-corrected chi connectivity index (χ1v) is 6.61. The van der Waals surface area contributed by atoms with Gasteiger partial charge in [0.2, 0.25) is 11.7 Å². The van der Waals surface area contributed by atoms with Gasteiger partial charge in [-0.25, -0.2) is 0 Å². The number of rotatable bonds is 3. The molecule has 1 N–H and O–H groups in total. The van der Waals surface area contributed by atoms with Gasteiger partial charge in [0.1, 0.15) is 5.69 Å². The summed E-state index contributed by atoms with van der Waals surface area (Å²) in [5.74, 6) is -0.274. The van der Waals surface area contributed by atoms with E-state index in [-0.39, 0.29) is 5.92 Å². The summed E-state index contributed by atoms with van der Waals surface area (Å²) in [6, 6.07) is 1.79. The molecule has 1 saturated carbocycles. The molecule has 3 unspecified atom stereocenters. The maximum Gasteiger partial charge on any atom is 0.307 e. The highest BCUT2D eigenvalue weighted by atomic mass is 16.5. The van der Waals surface area contributed by atoms with E-state index < -0.39 is 11.9 Å². The van der Waals surface area contributed by atoms with E-state index in [1.165, 1.54) is 0 Å². The third-order valence-corrected chi connectivity index (χ3v) is 3.82. The maximum atomic E-state index is 11.3. The molecule has 0 saturated heterocycles. The van der Waals surface area contributed by atoms with Crippen molar-refractivity contribution < 1.29 is 14.4 Å². The number of aliphatic carboxylic acids is 1. The number of aromatic nitrogens is 4. The van der Waals surface area contributed by atoms with Crippen molar-refractivity contribution in [3.8, 4) is 11.5 Å². The minimum Gasteiger partial charge on any atom is -0.481 e. The van der Waals surface area contributed by atoms with Crippen molar-refractivity contribution in [1.29, 1.82) is 0 Å². The molecule has 0 radical (unpaired) electrons. The molecular weight excluding hydrogens is 260 g/mol. The molecule has 7 heteroatoms. The average molecular weight is 276 g/mol. The van der Waals surface area contributed by atoms with Gasteiger partial charge in [0.15, 0.2) is 0 Å². The van der Waals surface area contributed by atoms with E-state index in [9.17, 15) is 9.90 Å². The lowest BCUT2D eigenvalue weighted by Crippen LogP contribution is -2.17. The molecule has 1 fully saturated rings. The molecule has 3 rings (SSSR count). The number of carboxylic acids is 1. The molecule has 1 aliphatic carbocycles. The van der Waals surface area contributed by atoms with Crippen LogP contribution in [-0.2, 0) is 11.8 Å². The number of hydrogen-bond acceptors (Lipinski definition) is 5. The topological polar surface area (TPSA) is 94.0 Å². The first kappa shape index (κ1) is 12.8. The van der Waals surface area contributed by atoms with Crippen LogP contribution < -0.4 is 0 Å². The third kappa shape index (κ3) is 2.19. The summed E-state index contributed by atoms with van der Waals surface area (Å²) < 4.78 is 6.92. The number of nitrogens with zero attached hydrogens (tertiary/aromatic N) is 4. The van der Waals surface area contributed by atoms with Gasteiger partial charge in [0.05, 0.1) is 11.8 Å². The van der Waals surface area contributed by atoms with Crippen molar-refractivity contribution in [2.24, 2.45) is 18.9 Å². The standard InChI is InChI=1S/C13H16N4O3/c1-7-5-8(9(6-7)13(18)19)12-14-11(16-20-12)10-3-4-17(2)15-10/h3-4,7-9H,5-6H2,1-2H3,(H,18,19). The van der Waals surface area contributed by atoms with E-state index in [4.69, 9.17) is 4.52 Å². The lowest BCUT2D eigenvalue weighted by atomic mass is 9.96. The molecule has 0 amide bonds. The van der Waals surface area contributed by atoms with Crippen molar-refractivity contribution in [2.45, 2.75) is 25.7 Å². The zero-order chi connectivity index (χ0) is 14.3. The molecule has 2 aromatic rings. The minimum atomic E-state index is -0.795. The van der Waals surface area contributed by atoms with Crippen LogP contribution in [0, 0.1) is 11.8 Å². The number of aryl methyl sites for hydroxylation is 1. The Morgan fingerprint density at radius 3 is 2.95 bits per heavy atom. The van der Waals surface area contributed by atoms with Gasteiger partial charge in [-0.15, -0.1) is 0 Å². The number of hydrogen-bond donors (Lipinski definition) is 1. The summed E-state index contributed by atoms with van der Waals surface area (Å²) in [5.41, 5.74) is 0.625. The lowest BCUT2D eigenvalue weighted by Gasteiger charge is -2.09. The van der Waals surface area contributed by atoms with Gasteiger partial charge in [-0.1, -0.05) is 12.1 Å². The fourth-order valence-corrected chi connectivity index (χ4v) is 2.86. The Balaban J connectivity index is 1.88. The third-order valence-electron chi connectivity index (χ3n) is 3.82. The van der Waals surface area contributed by atoms with Gasteiger partial charge < -0.3 is 9.63 Å². The van der Waals surface area contributed by atoms with Crippen LogP contribution in [0.25, 0.3) is 11.5 Å². The Labute approximate surface area is 115 Å². The van der Waals surface area contributed by atoms with Crippen molar-refractivity contribution in [1.82, 2.24) is 19.9 Å². The second kappa shape index (κ2) is 4.73. The SMILES string of the molecule is CC1CC(C(=O)O)C(c2nc(-c3ccn(C)n3)no2)C1. The monoisotopic (exact) mass is 276 g/mol. The first-order valence-electron chi connectivity index (χ1n) is 6.61. The summed E-state index contributed by atoms with van der Waals surface area (Å²) in [7, 11) is 1.81. The average Bonchev–Trinajstić information content (AvgIpc) is 3.06. The van der Waals surface area contributed by atoms with Crippen LogP contribution >= 0.6 is 0 Å². The fraction of sp³-hybridized carbons (Fsp3) is 0.538. The molecule has 2 aromatic heterocycles. The smallest absolute Gasteiger partial charge is 0.307 e. The van der Waals surface area contributed by atoms with Crippen LogP contribution in [0.2, 0.25) is 0 Å². The van der Waals surface area contributed by atoms with Crippen molar-refractivity contribution in [3.63, 3.8) is 0 Å². The molecule has 0 aliphatic heterocycles. The zero-order valence-electron chi connectivity index (χ0n) is 11.4. The van der Waals surface area contributed by atoms with E-state index >= 15 is 0 Å². The van der Waals surface area contributed by atoms with E-state index in [0.29, 0.717) is 29.7 Å². The molecule has 106 valence electrons. The van der Waals surface area contributed by atoms with Crippen LogP contribution in [0.5, 0.6) is 0 Å². The molecule has 2 heterocycles. The Morgan fingerprint density at radius 1 is 1.50 bits per heavy atom. The quantitative estimate of drug-likeness (QED) is 0.916. The molecule has 0 spiro atoms. The Kier molecular flexibility index (Phi) is 3.04. The lowest BCUT2D eigenvalue weighted by molar-refractivity contribution is -0.142. The predicted molar refractivity (Wildman–Crippen MR) is 68.8 cm³/mol. The molecule has 7 nitrogen and oxygen atoms in total. The highest BCUT2D eigenvalue weighted by Gasteiger charge is 2.41. The summed E-state index contributed by atoms with van der Waals surface area (Å²) in [5, 5.41) is 17.4. The van der Waals surface area contributed by atoms with Crippen LogP contribution in [0.15, 0.2) is 16.8 Å². The summed E-state index contributed by atoms with van der Waals surface area (Å²) >= 11 is 0. The Morgan fingerprint density at radius 2 is 2.30 bits per heavy atom. The van der Waals surface area contributed by atoms with Gasteiger partial charge in [0, 0.05) is 13.2 Å². The molecule has 0 bridgehead atoms. The van der Waals surface area contributed by atoms with Gasteiger partial charge in [-0.2, -0.15) is 10.1 Å². The largest absolute Gasteiger partial charge is 0.481 e. The summed E-state index contributed by atoms with van der Waals surface area (Å²) in [6.45, 7) is 2.05. The zero-order valence-corrected chi connectivity index (χ0v) is 11.4. The highest BCUT2D eigenvalue weighted by Crippen LogP contribution is 2.42. The van der Waals surface area contributed by atoms with E-state index in [0.717, 1.165) is 6.42 Å². The first-order chi connectivity index (χ1) is 9.54. The number of carboxylic acid groups (broad SMARTS) is 1. The van der Waals surface area contributed by atoms with Crippen molar-refractivity contribution in [2.75, 3.05) is 0 Å².